The van der Waals surface area contributed by atoms with E-state index in [1.165, 1.54) is 0 Å². The van der Waals surface area contributed by atoms with Crippen LogP contribution in [-0.4, -0.2) is 50.6 Å². The molecule has 1 rings (SSSR count). The highest BCUT2D eigenvalue weighted by atomic mass is 16.2. The van der Waals surface area contributed by atoms with E-state index in [-0.39, 0.29) is 11.3 Å². The Kier molecular flexibility index (Phi) is 7.14. The van der Waals surface area contributed by atoms with Crippen molar-refractivity contribution in [2.75, 3.05) is 33.7 Å². The van der Waals surface area contributed by atoms with Crippen LogP contribution in [0.1, 0.15) is 47.0 Å². The Balaban J connectivity index is 2.68. The fraction of sp³-hybridized carbons (Fsp3) is 0.941. The minimum Gasteiger partial charge on any atom is -0.354 e. The van der Waals surface area contributed by atoms with Gasteiger partial charge in [0.2, 0.25) is 5.91 Å². The van der Waals surface area contributed by atoms with Crippen LogP contribution in [0.15, 0.2) is 0 Å². The summed E-state index contributed by atoms with van der Waals surface area (Å²) in [4.78, 5) is 15.0. The van der Waals surface area contributed by atoms with Crippen molar-refractivity contribution in [1.82, 2.24) is 15.5 Å². The summed E-state index contributed by atoms with van der Waals surface area (Å²) in [6.07, 6.45) is 3.27. The summed E-state index contributed by atoms with van der Waals surface area (Å²) in [6, 6.07) is 0.419. The molecular weight excluding hydrogens is 262 g/mol. The normalized spacial score (nSPS) is 24.0. The zero-order valence-electron chi connectivity index (χ0n) is 14.8. The van der Waals surface area contributed by atoms with Crippen molar-refractivity contribution >= 4 is 5.91 Å². The molecule has 0 aliphatic carbocycles. The predicted molar refractivity (Wildman–Crippen MR) is 89.3 cm³/mol. The summed E-state index contributed by atoms with van der Waals surface area (Å²) >= 11 is 0. The SMILES string of the molecule is CCC(CC)C(CNC(=O)C1(C(C)C)CCNC1)N(C)C. The lowest BCUT2D eigenvalue weighted by Crippen LogP contribution is -2.51. The van der Waals surface area contributed by atoms with Gasteiger partial charge in [-0.25, -0.2) is 0 Å². The molecule has 21 heavy (non-hydrogen) atoms. The van der Waals surface area contributed by atoms with Crippen molar-refractivity contribution in [3.63, 3.8) is 0 Å². The molecule has 1 aliphatic rings. The number of carbonyl (C=O) groups excluding carboxylic acids is 1. The average molecular weight is 297 g/mol. The van der Waals surface area contributed by atoms with E-state index in [0.717, 1.165) is 38.9 Å². The summed E-state index contributed by atoms with van der Waals surface area (Å²) < 4.78 is 0. The van der Waals surface area contributed by atoms with Gasteiger partial charge in [0.1, 0.15) is 0 Å². The lowest BCUT2D eigenvalue weighted by molar-refractivity contribution is -0.132. The molecule has 0 radical (unpaired) electrons. The maximum atomic E-state index is 12.8. The molecule has 4 heteroatoms. The second-order valence-corrected chi connectivity index (χ2v) is 7.06. The maximum Gasteiger partial charge on any atom is 0.227 e. The Morgan fingerprint density at radius 2 is 1.90 bits per heavy atom. The molecule has 0 aromatic carbocycles. The van der Waals surface area contributed by atoms with Gasteiger partial charge in [0, 0.05) is 19.1 Å². The van der Waals surface area contributed by atoms with Crippen molar-refractivity contribution in [2.45, 2.75) is 53.0 Å². The van der Waals surface area contributed by atoms with Crippen molar-refractivity contribution in [2.24, 2.45) is 17.3 Å². The van der Waals surface area contributed by atoms with Crippen molar-refractivity contribution in [3.8, 4) is 0 Å². The Labute approximate surface area is 131 Å². The van der Waals surface area contributed by atoms with E-state index in [1.54, 1.807) is 0 Å². The zero-order valence-corrected chi connectivity index (χ0v) is 14.8. The largest absolute Gasteiger partial charge is 0.354 e. The third kappa shape index (κ3) is 4.19. The van der Waals surface area contributed by atoms with E-state index < -0.39 is 0 Å². The molecule has 2 atom stereocenters. The van der Waals surface area contributed by atoms with E-state index in [4.69, 9.17) is 0 Å². The first-order valence-electron chi connectivity index (χ1n) is 8.54. The monoisotopic (exact) mass is 297 g/mol. The molecule has 2 N–H and O–H groups in total. The van der Waals surface area contributed by atoms with E-state index in [9.17, 15) is 4.79 Å². The van der Waals surface area contributed by atoms with Crippen LogP contribution in [0.5, 0.6) is 0 Å². The van der Waals surface area contributed by atoms with Crippen molar-refractivity contribution < 1.29 is 4.79 Å². The Morgan fingerprint density at radius 3 is 2.29 bits per heavy atom. The van der Waals surface area contributed by atoms with Crippen LogP contribution >= 0.6 is 0 Å². The lowest BCUT2D eigenvalue weighted by Gasteiger charge is -2.35. The molecule has 1 fully saturated rings. The van der Waals surface area contributed by atoms with Crippen LogP contribution in [0.3, 0.4) is 0 Å². The van der Waals surface area contributed by atoms with Gasteiger partial charge >= 0.3 is 0 Å². The fourth-order valence-corrected chi connectivity index (χ4v) is 3.64. The quantitative estimate of drug-likeness (QED) is 0.721. The predicted octanol–water partition coefficient (Wildman–Crippen LogP) is 2.10. The molecule has 1 aliphatic heterocycles. The topological polar surface area (TPSA) is 44.4 Å². The Bertz CT molecular complexity index is 318. The molecular formula is C17H35N3O. The number of carbonyl (C=O) groups is 1. The highest BCUT2D eigenvalue weighted by molar-refractivity contribution is 5.83. The van der Waals surface area contributed by atoms with Crippen LogP contribution in [0.4, 0.5) is 0 Å². The Hall–Kier alpha value is -0.610. The third-order valence-corrected chi connectivity index (χ3v) is 5.47. The minimum atomic E-state index is -0.217. The number of likely N-dealkylation sites (N-methyl/N-ethyl adjacent to an activating group) is 1. The molecule has 1 saturated heterocycles. The van der Waals surface area contributed by atoms with Gasteiger partial charge in [-0.2, -0.15) is 0 Å². The molecule has 4 nitrogen and oxygen atoms in total. The van der Waals surface area contributed by atoms with Crippen LogP contribution in [0.25, 0.3) is 0 Å². The summed E-state index contributed by atoms with van der Waals surface area (Å²) in [7, 11) is 4.23. The summed E-state index contributed by atoms with van der Waals surface area (Å²) in [5, 5.41) is 6.62. The Morgan fingerprint density at radius 1 is 1.29 bits per heavy atom. The number of rotatable bonds is 8. The minimum absolute atomic E-state index is 0.217. The fourth-order valence-electron chi connectivity index (χ4n) is 3.64. The molecule has 1 heterocycles. The van der Waals surface area contributed by atoms with Gasteiger partial charge in [-0.3, -0.25) is 4.79 Å². The van der Waals surface area contributed by atoms with Crippen molar-refractivity contribution in [3.05, 3.63) is 0 Å². The van der Waals surface area contributed by atoms with Crippen LogP contribution in [-0.2, 0) is 4.79 Å². The number of nitrogens with zero attached hydrogens (tertiary/aromatic N) is 1. The molecule has 1 amide bonds. The molecule has 0 spiro atoms. The highest BCUT2D eigenvalue weighted by Gasteiger charge is 2.43. The van der Waals surface area contributed by atoms with Gasteiger partial charge < -0.3 is 15.5 Å². The molecule has 0 aromatic rings. The first kappa shape index (κ1) is 18.4. The van der Waals surface area contributed by atoms with E-state index >= 15 is 0 Å². The van der Waals surface area contributed by atoms with Gasteiger partial charge in [-0.15, -0.1) is 0 Å². The third-order valence-electron chi connectivity index (χ3n) is 5.47. The zero-order chi connectivity index (χ0) is 16.0. The smallest absolute Gasteiger partial charge is 0.227 e. The summed E-state index contributed by atoms with van der Waals surface area (Å²) in [6.45, 7) is 11.3. The van der Waals surface area contributed by atoms with Crippen LogP contribution < -0.4 is 10.6 Å². The van der Waals surface area contributed by atoms with Gasteiger partial charge in [-0.1, -0.05) is 40.5 Å². The molecule has 0 saturated carbocycles. The molecule has 2 unspecified atom stereocenters. The first-order chi connectivity index (χ1) is 9.89. The maximum absolute atomic E-state index is 12.8. The summed E-state index contributed by atoms with van der Waals surface area (Å²) in [5.74, 6) is 1.25. The van der Waals surface area contributed by atoms with E-state index in [2.05, 4.69) is 57.3 Å². The van der Waals surface area contributed by atoms with Crippen LogP contribution in [0, 0.1) is 17.3 Å². The molecule has 124 valence electrons. The van der Waals surface area contributed by atoms with E-state index in [1.807, 2.05) is 0 Å². The number of hydrogen-bond donors (Lipinski definition) is 2. The number of hydrogen-bond acceptors (Lipinski definition) is 3. The second-order valence-electron chi connectivity index (χ2n) is 7.06. The lowest BCUT2D eigenvalue weighted by atomic mass is 9.75. The van der Waals surface area contributed by atoms with Gasteiger partial charge in [-0.05, 0) is 38.9 Å². The van der Waals surface area contributed by atoms with Crippen LogP contribution in [0.2, 0.25) is 0 Å². The second kappa shape index (κ2) is 8.14. The molecule has 0 aromatic heterocycles. The number of amides is 1. The van der Waals surface area contributed by atoms with Crippen molar-refractivity contribution in [1.29, 1.82) is 0 Å². The number of nitrogens with one attached hydrogen (secondary N) is 2. The van der Waals surface area contributed by atoms with Gasteiger partial charge in [0.05, 0.1) is 5.41 Å². The summed E-state index contributed by atoms with van der Waals surface area (Å²) in [5.41, 5.74) is -0.217. The highest BCUT2D eigenvalue weighted by Crippen LogP contribution is 2.34. The average Bonchev–Trinajstić information content (AvgIpc) is 2.93. The standard InChI is InChI=1S/C17H35N3O/c1-7-14(8-2)15(20(5)6)11-19-16(21)17(13(3)4)9-10-18-12-17/h13-15,18H,7-12H2,1-6H3,(H,19,21). The van der Waals surface area contributed by atoms with Gasteiger partial charge in [0.25, 0.3) is 0 Å². The molecule has 0 bridgehead atoms. The first-order valence-corrected chi connectivity index (χ1v) is 8.54. The van der Waals surface area contributed by atoms with E-state index in [0.29, 0.717) is 17.9 Å². The van der Waals surface area contributed by atoms with Gasteiger partial charge in [0.15, 0.2) is 0 Å².